The minimum absolute atomic E-state index is 0.0448. The van der Waals surface area contributed by atoms with Crippen LogP contribution < -0.4 is 0 Å². The van der Waals surface area contributed by atoms with E-state index in [0.717, 1.165) is 12.8 Å². The summed E-state index contributed by atoms with van der Waals surface area (Å²) in [6.45, 7) is 2.80. The molecular weight excluding hydrogens is 222 g/mol. The highest BCUT2D eigenvalue weighted by Crippen LogP contribution is 2.24. The van der Waals surface area contributed by atoms with Crippen LogP contribution in [-0.2, 0) is 14.3 Å². The number of carbonyl (C=O) groups is 2. The topological polar surface area (TPSA) is 66.8 Å². The van der Waals surface area contributed by atoms with Gasteiger partial charge in [-0.05, 0) is 19.8 Å². The molecule has 1 fully saturated rings. The van der Waals surface area contributed by atoms with Gasteiger partial charge in [-0.2, -0.15) is 0 Å². The average molecular weight is 243 g/mol. The first kappa shape index (κ1) is 14.1. The molecule has 0 unspecified atom stereocenters. The zero-order valence-corrected chi connectivity index (χ0v) is 10.4. The summed E-state index contributed by atoms with van der Waals surface area (Å²) in [7, 11) is 0. The van der Waals surface area contributed by atoms with E-state index in [2.05, 4.69) is 0 Å². The van der Waals surface area contributed by atoms with E-state index in [4.69, 9.17) is 9.84 Å². The van der Waals surface area contributed by atoms with E-state index in [1.165, 1.54) is 6.42 Å². The van der Waals surface area contributed by atoms with E-state index in [1.807, 2.05) is 4.90 Å². The molecular formula is C12H21NO4. The average Bonchev–Trinajstić information content (AvgIpc) is 2.14. The molecule has 5 heteroatoms. The van der Waals surface area contributed by atoms with Gasteiger partial charge in [0.15, 0.2) is 5.78 Å². The lowest BCUT2D eigenvalue weighted by atomic mass is 9.91. The second-order valence-corrected chi connectivity index (χ2v) is 4.30. The second kappa shape index (κ2) is 7.40. The SMILES string of the molecule is CCOC(=O)CC(=O)CN(CCO)C1CCC1. The van der Waals surface area contributed by atoms with Crippen molar-refractivity contribution in [2.24, 2.45) is 0 Å². The van der Waals surface area contributed by atoms with Crippen molar-refractivity contribution in [1.29, 1.82) is 0 Å². The standard InChI is InChI=1S/C12H21NO4/c1-2-17-12(16)8-11(15)9-13(6-7-14)10-4-3-5-10/h10,14H,2-9H2,1H3. The van der Waals surface area contributed by atoms with Gasteiger partial charge < -0.3 is 9.84 Å². The van der Waals surface area contributed by atoms with Gasteiger partial charge in [0.05, 0.1) is 19.8 Å². The predicted octanol–water partition coefficient (Wildman–Crippen LogP) is 0.355. The minimum Gasteiger partial charge on any atom is -0.466 e. The van der Waals surface area contributed by atoms with Crippen LogP contribution in [0.5, 0.6) is 0 Å². The van der Waals surface area contributed by atoms with Crippen LogP contribution in [0.2, 0.25) is 0 Å². The lowest BCUT2D eigenvalue weighted by molar-refractivity contribution is -0.145. The molecule has 1 saturated carbocycles. The third-order valence-electron chi connectivity index (χ3n) is 3.00. The Morgan fingerprint density at radius 1 is 1.41 bits per heavy atom. The van der Waals surface area contributed by atoms with Crippen molar-refractivity contribution in [3.05, 3.63) is 0 Å². The summed E-state index contributed by atoms with van der Waals surface area (Å²) in [4.78, 5) is 24.7. The minimum atomic E-state index is -0.463. The van der Waals surface area contributed by atoms with Crippen molar-refractivity contribution in [2.75, 3.05) is 26.3 Å². The third kappa shape index (κ3) is 4.83. The molecule has 98 valence electrons. The molecule has 0 bridgehead atoms. The Morgan fingerprint density at radius 2 is 2.12 bits per heavy atom. The summed E-state index contributed by atoms with van der Waals surface area (Å²) < 4.78 is 4.73. The molecule has 0 aromatic rings. The van der Waals surface area contributed by atoms with Crippen LogP contribution in [0.3, 0.4) is 0 Å². The van der Waals surface area contributed by atoms with Gasteiger partial charge in [-0.1, -0.05) is 6.42 Å². The maximum absolute atomic E-state index is 11.6. The fourth-order valence-corrected chi connectivity index (χ4v) is 1.93. The van der Waals surface area contributed by atoms with Gasteiger partial charge in [-0.25, -0.2) is 0 Å². The number of carbonyl (C=O) groups excluding carboxylic acids is 2. The normalized spacial score (nSPS) is 15.7. The number of nitrogens with zero attached hydrogens (tertiary/aromatic N) is 1. The fraction of sp³-hybridized carbons (Fsp3) is 0.833. The molecule has 17 heavy (non-hydrogen) atoms. The van der Waals surface area contributed by atoms with Gasteiger partial charge in [0.25, 0.3) is 0 Å². The lowest BCUT2D eigenvalue weighted by Crippen LogP contribution is -2.44. The Labute approximate surface area is 102 Å². The first-order chi connectivity index (χ1) is 8.17. The van der Waals surface area contributed by atoms with Crippen molar-refractivity contribution < 1.29 is 19.4 Å². The first-order valence-electron chi connectivity index (χ1n) is 6.19. The van der Waals surface area contributed by atoms with E-state index < -0.39 is 5.97 Å². The molecule has 0 aromatic heterocycles. The third-order valence-corrected chi connectivity index (χ3v) is 3.00. The second-order valence-electron chi connectivity index (χ2n) is 4.30. The highest BCUT2D eigenvalue weighted by molar-refractivity contribution is 5.96. The van der Waals surface area contributed by atoms with E-state index in [0.29, 0.717) is 19.2 Å². The van der Waals surface area contributed by atoms with Crippen LogP contribution in [-0.4, -0.2) is 54.1 Å². The molecule has 0 heterocycles. The number of aliphatic hydroxyl groups excluding tert-OH is 1. The van der Waals surface area contributed by atoms with E-state index in [1.54, 1.807) is 6.92 Å². The molecule has 0 atom stereocenters. The molecule has 5 nitrogen and oxygen atoms in total. The van der Waals surface area contributed by atoms with Crippen LogP contribution in [0.1, 0.15) is 32.6 Å². The number of esters is 1. The smallest absolute Gasteiger partial charge is 0.313 e. The number of hydrogen-bond donors (Lipinski definition) is 1. The van der Waals surface area contributed by atoms with Crippen molar-refractivity contribution >= 4 is 11.8 Å². The van der Waals surface area contributed by atoms with Gasteiger partial charge >= 0.3 is 5.97 Å². The molecule has 0 saturated heterocycles. The summed E-state index contributed by atoms with van der Waals surface area (Å²) >= 11 is 0. The monoisotopic (exact) mass is 243 g/mol. The zero-order chi connectivity index (χ0) is 12.7. The highest BCUT2D eigenvalue weighted by atomic mass is 16.5. The van der Waals surface area contributed by atoms with E-state index >= 15 is 0 Å². The maximum Gasteiger partial charge on any atom is 0.313 e. The maximum atomic E-state index is 11.6. The molecule has 0 aromatic carbocycles. The Hall–Kier alpha value is -0.940. The molecule has 1 aliphatic carbocycles. The highest BCUT2D eigenvalue weighted by Gasteiger charge is 2.26. The summed E-state index contributed by atoms with van der Waals surface area (Å²) in [5, 5.41) is 8.94. The largest absolute Gasteiger partial charge is 0.466 e. The number of rotatable bonds is 8. The summed E-state index contributed by atoms with van der Waals surface area (Å²) in [5.41, 5.74) is 0. The van der Waals surface area contributed by atoms with E-state index in [-0.39, 0.29) is 25.4 Å². The predicted molar refractivity (Wildman–Crippen MR) is 62.6 cm³/mol. The van der Waals surface area contributed by atoms with Gasteiger partial charge in [-0.3, -0.25) is 14.5 Å². The fourth-order valence-electron chi connectivity index (χ4n) is 1.93. The number of ketones is 1. The van der Waals surface area contributed by atoms with Gasteiger partial charge in [0.2, 0.25) is 0 Å². The van der Waals surface area contributed by atoms with Crippen molar-refractivity contribution in [3.8, 4) is 0 Å². The molecule has 0 amide bonds. The quantitative estimate of drug-likeness (QED) is 0.492. The van der Waals surface area contributed by atoms with Crippen LogP contribution >= 0.6 is 0 Å². The lowest BCUT2D eigenvalue weighted by Gasteiger charge is -2.36. The van der Waals surface area contributed by atoms with Gasteiger partial charge in [0, 0.05) is 12.6 Å². The molecule has 0 aliphatic heterocycles. The molecule has 0 spiro atoms. The number of Topliss-reactive ketones (excluding diaryl/α,β-unsaturated/α-hetero) is 1. The summed E-state index contributed by atoms with van der Waals surface area (Å²) in [6.07, 6.45) is 3.17. The molecule has 1 rings (SSSR count). The Bertz CT molecular complexity index is 263. The Morgan fingerprint density at radius 3 is 2.59 bits per heavy atom. The summed E-state index contributed by atoms with van der Waals surface area (Å²) in [5.74, 6) is -0.598. The Kier molecular flexibility index (Phi) is 6.15. The van der Waals surface area contributed by atoms with Crippen molar-refractivity contribution in [2.45, 2.75) is 38.6 Å². The summed E-state index contributed by atoms with van der Waals surface area (Å²) in [6, 6.07) is 0.397. The Balaban J connectivity index is 2.32. The number of hydrogen-bond acceptors (Lipinski definition) is 5. The molecule has 0 radical (unpaired) electrons. The molecule has 1 N–H and O–H groups in total. The van der Waals surface area contributed by atoms with Crippen molar-refractivity contribution in [3.63, 3.8) is 0 Å². The van der Waals surface area contributed by atoms with Crippen LogP contribution in [0.25, 0.3) is 0 Å². The van der Waals surface area contributed by atoms with Crippen LogP contribution in [0, 0.1) is 0 Å². The number of aliphatic hydroxyl groups is 1. The van der Waals surface area contributed by atoms with Gasteiger partial charge in [0.1, 0.15) is 6.42 Å². The zero-order valence-electron chi connectivity index (χ0n) is 10.4. The van der Waals surface area contributed by atoms with Crippen molar-refractivity contribution in [1.82, 2.24) is 4.90 Å². The van der Waals surface area contributed by atoms with Gasteiger partial charge in [-0.15, -0.1) is 0 Å². The molecule has 1 aliphatic rings. The van der Waals surface area contributed by atoms with Crippen LogP contribution in [0.15, 0.2) is 0 Å². The van der Waals surface area contributed by atoms with Crippen LogP contribution in [0.4, 0.5) is 0 Å². The van der Waals surface area contributed by atoms with E-state index in [9.17, 15) is 9.59 Å². The first-order valence-corrected chi connectivity index (χ1v) is 6.19. The number of ether oxygens (including phenoxy) is 1.